The van der Waals surface area contributed by atoms with Crippen LogP contribution in [0.5, 0.6) is 11.5 Å². The molecule has 0 aliphatic heterocycles. The second-order valence-electron chi connectivity index (χ2n) is 6.39. The first-order chi connectivity index (χ1) is 15.0. The van der Waals surface area contributed by atoms with Gasteiger partial charge in [0.2, 0.25) is 0 Å². The van der Waals surface area contributed by atoms with Gasteiger partial charge >= 0.3 is 5.97 Å². The summed E-state index contributed by atoms with van der Waals surface area (Å²) in [7, 11) is 4.37. The smallest absolute Gasteiger partial charge is 0.337 e. The Hall–Kier alpha value is -3.17. The van der Waals surface area contributed by atoms with Crippen LogP contribution >= 0.6 is 11.3 Å². The number of ether oxygens (including phenoxy) is 4. The SMILES string of the molecule is CCOCCn1c(=NC(=O)c2ccc(OC)cc2OC)sc2cc(C(=O)OC)ccc21. The molecule has 1 heterocycles. The van der Waals surface area contributed by atoms with Gasteiger partial charge in [0.15, 0.2) is 4.80 Å². The van der Waals surface area contributed by atoms with Crippen LogP contribution in [0.4, 0.5) is 0 Å². The average Bonchev–Trinajstić information content (AvgIpc) is 3.14. The van der Waals surface area contributed by atoms with Crippen LogP contribution in [0.1, 0.15) is 27.6 Å². The molecule has 0 N–H and O–H groups in total. The summed E-state index contributed by atoms with van der Waals surface area (Å²) in [5, 5.41) is 0. The topological polar surface area (TPSA) is 88.4 Å². The lowest BCUT2D eigenvalue weighted by Crippen LogP contribution is -2.20. The van der Waals surface area contributed by atoms with E-state index in [-0.39, 0.29) is 0 Å². The van der Waals surface area contributed by atoms with E-state index in [1.54, 1.807) is 37.4 Å². The van der Waals surface area contributed by atoms with Gasteiger partial charge in [-0.25, -0.2) is 4.79 Å². The first-order valence-electron chi connectivity index (χ1n) is 9.62. The Morgan fingerprint density at radius 2 is 1.87 bits per heavy atom. The molecule has 3 rings (SSSR count). The molecule has 31 heavy (non-hydrogen) atoms. The number of aromatic nitrogens is 1. The highest BCUT2D eigenvalue weighted by Gasteiger charge is 2.15. The van der Waals surface area contributed by atoms with E-state index in [2.05, 4.69) is 4.99 Å². The fourth-order valence-corrected chi connectivity index (χ4v) is 4.14. The van der Waals surface area contributed by atoms with Crippen LogP contribution in [0, 0.1) is 0 Å². The maximum absolute atomic E-state index is 13.0. The number of benzene rings is 2. The highest BCUT2D eigenvalue weighted by atomic mass is 32.1. The molecule has 0 aliphatic carbocycles. The molecule has 0 saturated heterocycles. The zero-order valence-electron chi connectivity index (χ0n) is 17.8. The first kappa shape index (κ1) is 22.5. The van der Waals surface area contributed by atoms with Crippen molar-refractivity contribution < 1.29 is 28.5 Å². The third-order valence-electron chi connectivity index (χ3n) is 4.60. The molecule has 2 aromatic carbocycles. The molecule has 1 aromatic heterocycles. The molecule has 0 bridgehead atoms. The molecule has 0 aliphatic rings. The summed E-state index contributed by atoms with van der Waals surface area (Å²) in [5.74, 6) is 0.0959. The van der Waals surface area contributed by atoms with Crippen molar-refractivity contribution in [1.29, 1.82) is 0 Å². The number of fused-ring (bicyclic) bond motifs is 1. The van der Waals surface area contributed by atoms with Crippen LogP contribution in [0.3, 0.4) is 0 Å². The Morgan fingerprint density at radius 1 is 1.06 bits per heavy atom. The predicted molar refractivity (Wildman–Crippen MR) is 117 cm³/mol. The third kappa shape index (κ3) is 4.95. The molecule has 1 amide bonds. The van der Waals surface area contributed by atoms with Gasteiger partial charge < -0.3 is 23.5 Å². The van der Waals surface area contributed by atoms with E-state index in [1.807, 2.05) is 17.6 Å². The van der Waals surface area contributed by atoms with Crippen molar-refractivity contribution in [3.63, 3.8) is 0 Å². The van der Waals surface area contributed by atoms with Gasteiger partial charge in [0.25, 0.3) is 5.91 Å². The number of amides is 1. The summed E-state index contributed by atoms with van der Waals surface area (Å²) in [6.07, 6.45) is 0. The minimum Gasteiger partial charge on any atom is -0.497 e. The largest absolute Gasteiger partial charge is 0.497 e. The summed E-state index contributed by atoms with van der Waals surface area (Å²) in [5.41, 5.74) is 1.61. The Bertz CT molecular complexity index is 1160. The number of hydrogen-bond donors (Lipinski definition) is 0. The zero-order valence-corrected chi connectivity index (χ0v) is 18.7. The Morgan fingerprint density at radius 3 is 2.55 bits per heavy atom. The van der Waals surface area contributed by atoms with Crippen molar-refractivity contribution >= 4 is 33.4 Å². The summed E-state index contributed by atoms with van der Waals surface area (Å²) in [6.45, 7) is 3.49. The zero-order chi connectivity index (χ0) is 22.4. The number of hydrogen-bond acceptors (Lipinski definition) is 7. The Labute approximate surface area is 183 Å². The van der Waals surface area contributed by atoms with Crippen molar-refractivity contribution in [2.45, 2.75) is 13.5 Å². The first-order valence-corrected chi connectivity index (χ1v) is 10.4. The van der Waals surface area contributed by atoms with Gasteiger partial charge in [0.1, 0.15) is 11.5 Å². The minimum atomic E-state index is -0.440. The van der Waals surface area contributed by atoms with Gasteiger partial charge in [-0.1, -0.05) is 11.3 Å². The molecule has 0 unspecified atom stereocenters. The monoisotopic (exact) mass is 444 g/mol. The van der Waals surface area contributed by atoms with Crippen LogP contribution in [0.15, 0.2) is 41.4 Å². The van der Waals surface area contributed by atoms with Crippen LogP contribution < -0.4 is 14.3 Å². The van der Waals surface area contributed by atoms with Gasteiger partial charge in [-0.05, 0) is 37.3 Å². The second kappa shape index (κ2) is 10.2. The average molecular weight is 445 g/mol. The fourth-order valence-electron chi connectivity index (χ4n) is 3.04. The predicted octanol–water partition coefficient (Wildman–Crippen LogP) is 3.28. The van der Waals surface area contributed by atoms with E-state index in [1.165, 1.54) is 25.6 Å². The molecule has 164 valence electrons. The molecular formula is C22H24N2O6S. The van der Waals surface area contributed by atoms with Gasteiger partial charge in [0.05, 0.1) is 49.3 Å². The molecule has 0 spiro atoms. The molecule has 8 nitrogen and oxygen atoms in total. The highest BCUT2D eigenvalue weighted by molar-refractivity contribution is 7.16. The van der Waals surface area contributed by atoms with Crippen LogP contribution in [0.2, 0.25) is 0 Å². The van der Waals surface area contributed by atoms with Crippen LogP contribution in [-0.4, -0.2) is 51.0 Å². The third-order valence-corrected chi connectivity index (χ3v) is 5.64. The van der Waals surface area contributed by atoms with E-state index in [9.17, 15) is 9.59 Å². The highest BCUT2D eigenvalue weighted by Crippen LogP contribution is 2.25. The van der Waals surface area contributed by atoms with Gasteiger partial charge in [0, 0.05) is 19.2 Å². The van der Waals surface area contributed by atoms with Crippen molar-refractivity contribution in [3.8, 4) is 11.5 Å². The van der Waals surface area contributed by atoms with Gasteiger partial charge in [-0.15, -0.1) is 0 Å². The quantitative estimate of drug-likeness (QED) is 0.391. The molecule has 0 atom stereocenters. The molecule has 0 fully saturated rings. The van der Waals surface area contributed by atoms with Crippen LogP contribution in [-0.2, 0) is 16.0 Å². The maximum atomic E-state index is 13.0. The fraction of sp³-hybridized carbons (Fsp3) is 0.318. The lowest BCUT2D eigenvalue weighted by atomic mass is 10.2. The summed E-state index contributed by atoms with van der Waals surface area (Å²) < 4.78 is 23.5. The number of rotatable bonds is 8. The van der Waals surface area contributed by atoms with Gasteiger partial charge in [-0.2, -0.15) is 4.99 Å². The van der Waals surface area contributed by atoms with Crippen molar-refractivity contribution in [3.05, 3.63) is 52.3 Å². The molecule has 0 radical (unpaired) electrons. The number of carbonyl (C=O) groups excluding carboxylic acids is 2. The molecule has 3 aromatic rings. The lowest BCUT2D eigenvalue weighted by Gasteiger charge is -2.08. The number of esters is 1. The number of nitrogens with zero attached hydrogens (tertiary/aromatic N) is 2. The Balaban J connectivity index is 2.10. The second-order valence-corrected chi connectivity index (χ2v) is 7.40. The van der Waals surface area contributed by atoms with Crippen molar-refractivity contribution in [2.75, 3.05) is 34.5 Å². The summed E-state index contributed by atoms with van der Waals surface area (Å²) in [4.78, 5) is 29.7. The molecule has 0 saturated carbocycles. The Kier molecular flexibility index (Phi) is 7.43. The van der Waals surface area contributed by atoms with Crippen molar-refractivity contribution in [1.82, 2.24) is 4.57 Å². The summed E-state index contributed by atoms with van der Waals surface area (Å²) >= 11 is 1.31. The lowest BCUT2D eigenvalue weighted by molar-refractivity contribution is 0.0600. The molecular weight excluding hydrogens is 420 g/mol. The van der Waals surface area contributed by atoms with E-state index in [0.717, 1.165) is 10.2 Å². The van der Waals surface area contributed by atoms with Gasteiger partial charge in [-0.3, -0.25) is 4.79 Å². The number of carbonyl (C=O) groups is 2. The molecule has 9 heteroatoms. The minimum absolute atomic E-state index is 0.326. The summed E-state index contributed by atoms with van der Waals surface area (Å²) in [6, 6.07) is 10.2. The van der Waals surface area contributed by atoms with Crippen LogP contribution in [0.25, 0.3) is 10.2 Å². The standard InChI is InChI=1S/C22H24N2O6S/c1-5-30-11-10-24-17-9-6-14(21(26)29-4)12-19(17)31-22(24)23-20(25)16-8-7-15(27-2)13-18(16)28-3/h6-9,12-13H,5,10-11H2,1-4H3. The van der Waals surface area contributed by atoms with E-state index in [0.29, 0.717) is 47.2 Å². The normalized spacial score (nSPS) is 11.5. The number of methoxy groups -OCH3 is 3. The van der Waals surface area contributed by atoms with E-state index >= 15 is 0 Å². The maximum Gasteiger partial charge on any atom is 0.337 e. The van der Waals surface area contributed by atoms with Crippen molar-refractivity contribution in [2.24, 2.45) is 4.99 Å². The van der Waals surface area contributed by atoms with E-state index < -0.39 is 11.9 Å². The van der Waals surface area contributed by atoms with E-state index in [4.69, 9.17) is 18.9 Å². The number of thiazole rings is 1.